The molecule has 3 aromatic rings. The van der Waals surface area contributed by atoms with Crippen LogP contribution in [0.5, 0.6) is 0 Å². The van der Waals surface area contributed by atoms with Gasteiger partial charge in [0.2, 0.25) is 0 Å². The highest BCUT2D eigenvalue weighted by Crippen LogP contribution is 2.47. The van der Waals surface area contributed by atoms with Gasteiger partial charge in [0, 0.05) is 12.0 Å². The number of nitriles is 2. The molecule has 1 N–H and O–H groups in total. The van der Waals surface area contributed by atoms with Gasteiger partial charge < -0.3 is 15.0 Å². The third-order valence-electron chi connectivity index (χ3n) is 6.31. The van der Waals surface area contributed by atoms with Gasteiger partial charge in [-0.15, -0.1) is 0 Å². The number of hydrogen-bond donors (Lipinski definition) is 1. The summed E-state index contributed by atoms with van der Waals surface area (Å²) in [5, 5.41) is 22.4. The third kappa shape index (κ3) is 5.66. The molecule has 1 heterocycles. The van der Waals surface area contributed by atoms with E-state index in [0.717, 1.165) is 5.56 Å². The van der Waals surface area contributed by atoms with Gasteiger partial charge >= 0.3 is 6.09 Å². The molecule has 196 valence electrons. The van der Waals surface area contributed by atoms with Gasteiger partial charge in [0.15, 0.2) is 5.54 Å². The number of benzene rings is 3. The van der Waals surface area contributed by atoms with Crippen LogP contribution in [0, 0.1) is 28.5 Å². The second-order valence-electron chi connectivity index (χ2n) is 10.2. The van der Waals surface area contributed by atoms with Crippen LogP contribution in [0.25, 0.3) is 5.57 Å². The molecular formula is C31H27FN4O3. The van der Waals surface area contributed by atoms with E-state index in [1.807, 2.05) is 42.5 Å². The van der Waals surface area contributed by atoms with E-state index in [9.17, 15) is 24.5 Å². The summed E-state index contributed by atoms with van der Waals surface area (Å²) in [6, 6.07) is 25.7. The predicted molar refractivity (Wildman–Crippen MR) is 144 cm³/mol. The summed E-state index contributed by atoms with van der Waals surface area (Å²) < 4.78 is 20.1. The summed E-state index contributed by atoms with van der Waals surface area (Å²) in [7, 11) is 0. The van der Waals surface area contributed by atoms with E-state index >= 15 is 0 Å². The lowest BCUT2D eigenvalue weighted by Gasteiger charge is -2.32. The number of nitrogens with zero attached hydrogens (tertiary/aromatic N) is 3. The van der Waals surface area contributed by atoms with Crippen molar-refractivity contribution in [2.75, 3.05) is 4.90 Å². The van der Waals surface area contributed by atoms with Crippen molar-refractivity contribution in [3.05, 3.63) is 107 Å². The molecule has 8 heteroatoms. The molecule has 0 bridgehead atoms. The van der Waals surface area contributed by atoms with Crippen LogP contribution >= 0.6 is 0 Å². The summed E-state index contributed by atoms with van der Waals surface area (Å²) in [6.07, 6.45) is -1.11. The minimum Gasteiger partial charge on any atom is -0.444 e. The standard InChI is InChI=1S/C31H27FN4O3/c1-30(2,3)39-29(38)35-31(17-25(23(18-33)19-34)22-12-8-5-9-13-22)26-15-14-24(32)16-27(26)36(28(31)37)20-21-10-6-4-7-11-21/h4-16H,17,20H2,1-3H3,(H,35,38)/t31-/m1/s1. The first-order valence-corrected chi connectivity index (χ1v) is 12.3. The molecule has 0 aliphatic carbocycles. The first kappa shape index (κ1) is 27.1. The average molecular weight is 523 g/mol. The minimum absolute atomic E-state index is 0.113. The van der Waals surface area contributed by atoms with E-state index < -0.39 is 29.0 Å². The first-order valence-electron chi connectivity index (χ1n) is 12.3. The Hall–Kier alpha value is -4.95. The number of nitrogens with one attached hydrogen (secondary N) is 1. The van der Waals surface area contributed by atoms with Crippen LogP contribution in [-0.2, 0) is 21.6 Å². The van der Waals surface area contributed by atoms with Gasteiger partial charge in [-0.05, 0) is 49.6 Å². The van der Waals surface area contributed by atoms with E-state index in [-0.39, 0.29) is 29.8 Å². The number of carbonyl (C=O) groups excluding carboxylic acids is 2. The van der Waals surface area contributed by atoms with Gasteiger partial charge in [-0.1, -0.05) is 66.7 Å². The van der Waals surface area contributed by atoms with Crippen molar-refractivity contribution >= 4 is 23.3 Å². The van der Waals surface area contributed by atoms with Crippen molar-refractivity contribution in [2.24, 2.45) is 0 Å². The molecule has 7 nitrogen and oxygen atoms in total. The van der Waals surface area contributed by atoms with Crippen LogP contribution in [0.15, 0.2) is 84.4 Å². The van der Waals surface area contributed by atoms with Crippen molar-refractivity contribution < 1.29 is 18.7 Å². The lowest BCUT2D eigenvalue weighted by Crippen LogP contribution is -2.54. The Morgan fingerprint density at radius 3 is 2.21 bits per heavy atom. The minimum atomic E-state index is -1.79. The van der Waals surface area contributed by atoms with E-state index in [0.29, 0.717) is 11.1 Å². The molecule has 0 saturated carbocycles. The molecular weight excluding hydrogens is 495 g/mol. The maximum atomic E-state index is 14.6. The Balaban J connectivity index is 1.93. The van der Waals surface area contributed by atoms with E-state index in [1.54, 1.807) is 51.1 Å². The second kappa shape index (κ2) is 10.8. The topological polar surface area (TPSA) is 106 Å². The Morgan fingerprint density at radius 2 is 1.62 bits per heavy atom. The molecule has 0 saturated heterocycles. The zero-order valence-electron chi connectivity index (χ0n) is 21.9. The Labute approximate surface area is 226 Å². The highest BCUT2D eigenvalue weighted by molar-refractivity contribution is 6.10. The number of fused-ring (bicyclic) bond motifs is 1. The van der Waals surface area contributed by atoms with Gasteiger partial charge in [-0.2, -0.15) is 10.5 Å². The molecule has 1 atom stereocenters. The number of amides is 2. The highest BCUT2D eigenvalue weighted by Gasteiger charge is 2.53. The van der Waals surface area contributed by atoms with E-state index in [2.05, 4.69) is 5.32 Å². The van der Waals surface area contributed by atoms with Gasteiger partial charge in [0.1, 0.15) is 29.1 Å². The molecule has 3 aromatic carbocycles. The number of alkyl carbamates (subject to hydrolysis) is 1. The second-order valence-corrected chi connectivity index (χ2v) is 10.2. The summed E-state index contributed by atoms with van der Waals surface area (Å²) >= 11 is 0. The van der Waals surface area contributed by atoms with Crippen molar-refractivity contribution in [3.63, 3.8) is 0 Å². The zero-order valence-corrected chi connectivity index (χ0v) is 21.9. The third-order valence-corrected chi connectivity index (χ3v) is 6.31. The normalized spacial score (nSPS) is 16.1. The van der Waals surface area contributed by atoms with Gasteiger partial charge in [-0.25, -0.2) is 9.18 Å². The first-order chi connectivity index (χ1) is 18.6. The Kier molecular flexibility index (Phi) is 7.51. The number of hydrogen-bond acceptors (Lipinski definition) is 5. The van der Waals surface area contributed by atoms with Gasteiger partial charge in [-0.3, -0.25) is 4.79 Å². The van der Waals surface area contributed by atoms with Crippen LogP contribution < -0.4 is 10.2 Å². The van der Waals surface area contributed by atoms with Gasteiger partial charge in [0.25, 0.3) is 5.91 Å². The number of rotatable bonds is 6. The van der Waals surface area contributed by atoms with E-state index in [1.165, 1.54) is 23.1 Å². The number of allylic oxidation sites excluding steroid dienone is 1. The highest BCUT2D eigenvalue weighted by atomic mass is 19.1. The maximum Gasteiger partial charge on any atom is 0.408 e. The molecule has 0 aromatic heterocycles. The number of halogens is 1. The molecule has 0 fully saturated rings. The van der Waals surface area contributed by atoms with Crippen molar-refractivity contribution in [2.45, 2.75) is 44.9 Å². The number of carbonyl (C=O) groups is 2. The van der Waals surface area contributed by atoms with Crippen molar-refractivity contribution in [1.29, 1.82) is 10.5 Å². The number of ether oxygens (including phenoxy) is 1. The molecule has 0 radical (unpaired) electrons. The molecule has 0 spiro atoms. The molecule has 0 unspecified atom stereocenters. The summed E-state index contributed by atoms with van der Waals surface area (Å²) in [5.74, 6) is -1.09. The summed E-state index contributed by atoms with van der Waals surface area (Å²) in [6.45, 7) is 5.19. The van der Waals surface area contributed by atoms with Crippen LogP contribution in [0.3, 0.4) is 0 Å². The number of anilines is 1. The fraction of sp³-hybridized carbons (Fsp3) is 0.226. The summed E-state index contributed by atoms with van der Waals surface area (Å²) in [5.41, 5.74) is -0.648. The lowest BCUT2D eigenvalue weighted by atomic mass is 9.81. The SMILES string of the molecule is CC(C)(C)OC(=O)N[C@@]1(CC(=C(C#N)C#N)c2ccccc2)C(=O)N(Cc2ccccc2)c2cc(F)ccc21. The molecule has 1 aliphatic heterocycles. The van der Waals surface area contributed by atoms with Crippen molar-refractivity contribution in [1.82, 2.24) is 5.32 Å². The average Bonchev–Trinajstić information content (AvgIpc) is 3.10. The molecule has 1 aliphatic rings. The molecule has 4 rings (SSSR count). The molecule has 2 amide bonds. The monoisotopic (exact) mass is 522 g/mol. The maximum absolute atomic E-state index is 14.6. The van der Waals surface area contributed by atoms with Gasteiger partial charge in [0.05, 0.1) is 12.2 Å². The largest absolute Gasteiger partial charge is 0.444 e. The Morgan fingerprint density at radius 1 is 1.00 bits per heavy atom. The zero-order chi connectivity index (χ0) is 28.2. The van der Waals surface area contributed by atoms with Crippen LogP contribution in [0.2, 0.25) is 0 Å². The van der Waals surface area contributed by atoms with Crippen molar-refractivity contribution in [3.8, 4) is 12.1 Å². The predicted octanol–water partition coefficient (Wildman–Crippen LogP) is 5.98. The van der Waals surface area contributed by atoms with Crippen LogP contribution in [0.4, 0.5) is 14.9 Å². The quantitative estimate of drug-likeness (QED) is 0.401. The smallest absolute Gasteiger partial charge is 0.408 e. The van der Waals surface area contributed by atoms with E-state index in [4.69, 9.17) is 4.74 Å². The molecule has 39 heavy (non-hydrogen) atoms. The fourth-order valence-corrected chi connectivity index (χ4v) is 4.68. The summed E-state index contributed by atoms with van der Waals surface area (Å²) in [4.78, 5) is 29.0. The Bertz CT molecular complexity index is 1500. The van der Waals surface area contributed by atoms with Crippen LogP contribution in [0.1, 0.15) is 43.9 Å². The fourth-order valence-electron chi connectivity index (χ4n) is 4.68. The lowest BCUT2D eigenvalue weighted by molar-refractivity contribution is -0.124. The van der Waals surface area contributed by atoms with Crippen LogP contribution in [-0.4, -0.2) is 17.6 Å².